The number of H-pyrrole nitrogens is 2. The molecule has 0 atom stereocenters. The zero-order valence-electron chi connectivity index (χ0n) is 20.6. The molecular weight excluding hydrogens is 456 g/mol. The molecule has 182 valence electrons. The number of pyridine rings is 2. The van der Waals surface area contributed by atoms with E-state index in [4.69, 9.17) is 5.10 Å². The molecule has 1 fully saturated rings. The van der Waals surface area contributed by atoms with E-state index in [2.05, 4.69) is 79.5 Å². The van der Waals surface area contributed by atoms with Gasteiger partial charge in [0.25, 0.3) is 0 Å². The average molecular weight is 485 g/mol. The van der Waals surface area contributed by atoms with Gasteiger partial charge in [0.15, 0.2) is 0 Å². The smallest absolute Gasteiger partial charge is 0.116 e. The first kappa shape index (κ1) is 21.9. The van der Waals surface area contributed by atoms with Crippen LogP contribution in [0.5, 0.6) is 0 Å². The van der Waals surface area contributed by atoms with Gasteiger partial charge in [0.2, 0.25) is 0 Å². The minimum Gasteiger partial charge on any atom is -0.353 e. The summed E-state index contributed by atoms with van der Waals surface area (Å²) in [5.74, 6) is 0. The lowest BCUT2D eigenvalue weighted by molar-refractivity contribution is 0.220. The topological polar surface area (TPSA) is 73.5 Å². The Morgan fingerprint density at radius 3 is 2.54 bits per heavy atom. The van der Waals surface area contributed by atoms with E-state index in [0.29, 0.717) is 0 Å². The van der Waals surface area contributed by atoms with Gasteiger partial charge in [-0.3, -0.25) is 20.0 Å². The number of nitrogens with zero attached hydrogens (tertiary/aromatic N) is 4. The molecule has 6 heteroatoms. The maximum atomic E-state index is 4.70. The lowest BCUT2D eigenvalue weighted by Gasteiger charge is -2.26. The van der Waals surface area contributed by atoms with Crippen LogP contribution in [0.1, 0.15) is 24.8 Å². The van der Waals surface area contributed by atoms with E-state index in [-0.39, 0.29) is 0 Å². The molecule has 1 aliphatic rings. The molecule has 6 nitrogen and oxygen atoms in total. The average Bonchev–Trinajstić information content (AvgIpc) is 3.58. The Morgan fingerprint density at radius 1 is 0.730 bits per heavy atom. The predicted octanol–water partition coefficient (Wildman–Crippen LogP) is 6.82. The first-order chi connectivity index (χ1) is 18.3. The van der Waals surface area contributed by atoms with Crippen LogP contribution >= 0.6 is 0 Å². The van der Waals surface area contributed by atoms with Gasteiger partial charge in [-0.15, -0.1) is 0 Å². The number of likely N-dealkylation sites (tertiary alicyclic amines) is 1. The third kappa shape index (κ3) is 4.19. The van der Waals surface area contributed by atoms with Gasteiger partial charge in [-0.2, -0.15) is 5.10 Å². The number of nitrogens with one attached hydrogen (secondary N) is 2. The van der Waals surface area contributed by atoms with Crippen LogP contribution in [0, 0.1) is 0 Å². The highest BCUT2D eigenvalue weighted by Crippen LogP contribution is 2.35. The van der Waals surface area contributed by atoms with Crippen molar-refractivity contribution in [3.05, 3.63) is 91.0 Å². The lowest BCUT2D eigenvalue weighted by Crippen LogP contribution is -2.29. The highest BCUT2D eigenvalue weighted by Gasteiger charge is 2.15. The minimum absolute atomic E-state index is 0.919. The third-order valence-corrected chi connectivity index (χ3v) is 7.44. The molecule has 0 bridgehead atoms. The molecule has 0 unspecified atom stereocenters. The number of piperidine rings is 1. The molecule has 0 aliphatic carbocycles. The van der Waals surface area contributed by atoms with Crippen molar-refractivity contribution in [3.63, 3.8) is 0 Å². The van der Waals surface area contributed by atoms with Gasteiger partial charge in [0.05, 0.1) is 11.2 Å². The van der Waals surface area contributed by atoms with Gasteiger partial charge in [-0.05, 0) is 79.0 Å². The number of benzene rings is 2. The van der Waals surface area contributed by atoms with E-state index < -0.39 is 0 Å². The Balaban J connectivity index is 1.26. The Kier molecular flexibility index (Phi) is 5.52. The molecule has 6 aromatic rings. The van der Waals surface area contributed by atoms with Crippen molar-refractivity contribution in [2.24, 2.45) is 0 Å². The second-order valence-corrected chi connectivity index (χ2v) is 9.94. The quantitative estimate of drug-likeness (QED) is 0.282. The fraction of sp³-hybridized carbons (Fsp3) is 0.194. The van der Waals surface area contributed by atoms with Crippen LogP contribution in [0.2, 0.25) is 0 Å². The van der Waals surface area contributed by atoms with Crippen molar-refractivity contribution in [1.82, 2.24) is 30.0 Å². The summed E-state index contributed by atoms with van der Waals surface area (Å²) in [7, 11) is 0. The fourth-order valence-corrected chi connectivity index (χ4v) is 5.56. The van der Waals surface area contributed by atoms with Crippen molar-refractivity contribution >= 4 is 21.8 Å². The molecule has 37 heavy (non-hydrogen) atoms. The Labute approximate surface area is 215 Å². The summed E-state index contributed by atoms with van der Waals surface area (Å²) < 4.78 is 0. The van der Waals surface area contributed by atoms with Gasteiger partial charge >= 0.3 is 0 Å². The SMILES string of the molecule is c1cncc(-c2cccc3[nH]c(-c4n[nH]c5ccc(-c6cncc(CN7CCCCC7)c6)cc45)cc23)c1. The molecule has 4 aromatic heterocycles. The molecule has 0 amide bonds. The summed E-state index contributed by atoms with van der Waals surface area (Å²) in [4.78, 5) is 15.0. The summed E-state index contributed by atoms with van der Waals surface area (Å²) in [6.07, 6.45) is 11.6. The van der Waals surface area contributed by atoms with Crippen LogP contribution < -0.4 is 0 Å². The number of aromatic nitrogens is 5. The fourth-order valence-electron chi connectivity index (χ4n) is 5.56. The lowest BCUT2D eigenvalue weighted by atomic mass is 10.0. The maximum Gasteiger partial charge on any atom is 0.116 e. The summed E-state index contributed by atoms with van der Waals surface area (Å²) in [6.45, 7) is 3.33. The van der Waals surface area contributed by atoms with Gasteiger partial charge in [-0.1, -0.05) is 30.7 Å². The van der Waals surface area contributed by atoms with Crippen molar-refractivity contribution in [2.45, 2.75) is 25.8 Å². The van der Waals surface area contributed by atoms with Gasteiger partial charge < -0.3 is 4.98 Å². The van der Waals surface area contributed by atoms with E-state index in [0.717, 1.165) is 62.0 Å². The molecule has 2 aromatic carbocycles. The molecule has 0 radical (unpaired) electrons. The third-order valence-electron chi connectivity index (χ3n) is 7.44. The van der Waals surface area contributed by atoms with Gasteiger partial charge in [0.1, 0.15) is 5.69 Å². The summed E-state index contributed by atoms with van der Waals surface area (Å²) >= 11 is 0. The highest BCUT2D eigenvalue weighted by molar-refractivity contribution is 6.01. The maximum absolute atomic E-state index is 4.70. The van der Waals surface area contributed by atoms with Gasteiger partial charge in [0, 0.05) is 58.7 Å². The number of fused-ring (bicyclic) bond motifs is 2. The molecular formula is C31H28N6. The van der Waals surface area contributed by atoms with Crippen LogP contribution in [0.3, 0.4) is 0 Å². The van der Waals surface area contributed by atoms with Crippen LogP contribution in [-0.2, 0) is 6.54 Å². The zero-order chi connectivity index (χ0) is 24.6. The van der Waals surface area contributed by atoms with Crippen molar-refractivity contribution in [3.8, 4) is 33.6 Å². The number of hydrogen-bond donors (Lipinski definition) is 2. The first-order valence-corrected chi connectivity index (χ1v) is 13.0. The zero-order valence-corrected chi connectivity index (χ0v) is 20.6. The molecule has 1 saturated heterocycles. The number of rotatable bonds is 5. The first-order valence-electron chi connectivity index (χ1n) is 13.0. The summed E-state index contributed by atoms with van der Waals surface area (Å²) in [6, 6.07) is 21.4. The largest absolute Gasteiger partial charge is 0.353 e. The van der Waals surface area contributed by atoms with Crippen LogP contribution in [-0.4, -0.2) is 43.1 Å². The van der Waals surface area contributed by atoms with E-state index >= 15 is 0 Å². The van der Waals surface area contributed by atoms with Crippen molar-refractivity contribution < 1.29 is 0 Å². The summed E-state index contributed by atoms with van der Waals surface area (Å²) in [5.41, 5.74) is 9.82. The normalized spacial score (nSPS) is 14.5. The van der Waals surface area contributed by atoms with Crippen LogP contribution in [0.15, 0.2) is 85.5 Å². The van der Waals surface area contributed by atoms with E-state index in [1.807, 2.05) is 24.7 Å². The molecule has 2 N–H and O–H groups in total. The van der Waals surface area contributed by atoms with Gasteiger partial charge in [-0.25, -0.2) is 0 Å². The van der Waals surface area contributed by atoms with E-state index in [9.17, 15) is 0 Å². The molecule has 0 saturated carbocycles. The van der Waals surface area contributed by atoms with Crippen LogP contribution in [0.25, 0.3) is 55.4 Å². The number of hydrogen-bond acceptors (Lipinski definition) is 4. The minimum atomic E-state index is 0.919. The second-order valence-electron chi connectivity index (χ2n) is 9.94. The Morgan fingerprint density at radius 2 is 1.65 bits per heavy atom. The molecule has 0 spiro atoms. The summed E-state index contributed by atoms with van der Waals surface area (Å²) in [5, 5.41) is 10.2. The standard InChI is InChI=1S/C31H28N6/c1-2-12-37(13-3-1)20-21-14-24(19-33-17-21)22-9-10-29-27(15-22)31(36-35-29)30-16-26-25(7-4-8-28(26)34-30)23-6-5-11-32-18-23/h4-11,14-19,34H,1-3,12-13,20H2,(H,35,36). The van der Waals surface area contributed by atoms with Crippen molar-refractivity contribution in [1.29, 1.82) is 0 Å². The van der Waals surface area contributed by atoms with E-state index in [1.54, 1.807) is 6.20 Å². The van der Waals surface area contributed by atoms with Crippen LogP contribution in [0.4, 0.5) is 0 Å². The highest BCUT2D eigenvalue weighted by atomic mass is 15.1. The Bertz CT molecular complexity index is 1690. The second kappa shape index (κ2) is 9.30. The monoisotopic (exact) mass is 484 g/mol. The molecule has 1 aliphatic heterocycles. The Hall–Kier alpha value is -4.29. The van der Waals surface area contributed by atoms with E-state index in [1.165, 1.54) is 37.9 Å². The predicted molar refractivity (Wildman–Crippen MR) is 149 cm³/mol. The van der Waals surface area contributed by atoms with Crippen molar-refractivity contribution in [2.75, 3.05) is 13.1 Å². The number of aromatic amines is 2. The molecule has 7 rings (SSSR count). The molecule has 5 heterocycles.